The Morgan fingerprint density at radius 1 is 0.950 bits per heavy atom. The number of fused-ring (bicyclic) bond motifs is 1. The van der Waals surface area contributed by atoms with Crippen LogP contribution in [-0.2, 0) is 5.75 Å². The number of thioether (sulfide) groups is 1. The number of aryl methyl sites for hydroxylation is 1. The summed E-state index contributed by atoms with van der Waals surface area (Å²) in [5.41, 5.74) is 2.64. The van der Waals surface area contributed by atoms with Gasteiger partial charge < -0.3 is 9.47 Å². The molecule has 104 valence electrons. The van der Waals surface area contributed by atoms with Gasteiger partial charge in [-0.15, -0.1) is 11.8 Å². The van der Waals surface area contributed by atoms with Crippen molar-refractivity contribution in [2.75, 3.05) is 13.2 Å². The summed E-state index contributed by atoms with van der Waals surface area (Å²) in [6, 6.07) is 14.9. The summed E-state index contributed by atoms with van der Waals surface area (Å²) in [5.74, 6) is 2.71. The molecule has 3 heteroatoms. The molecule has 0 aliphatic carbocycles. The van der Waals surface area contributed by atoms with Crippen LogP contribution in [0.1, 0.15) is 17.5 Å². The van der Waals surface area contributed by atoms with Crippen molar-refractivity contribution in [1.82, 2.24) is 0 Å². The SMILES string of the molecule is Cc1ccc(CSc2ccc3c(c2)OCCCO3)cc1. The Morgan fingerprint density at radius 2 is 1.70 bits per heavy atom. The van der Waals surface area contributed by atoms with Crippen LogP contribution in [0.25, 0.3) is 0 Å². The number of hydrogen-bond acceptors (Lipinski definition) is 3. The first-order valence-electron chi connectivity index (χ1n) is 6.89. The summed E-state index contributed by atoms with van der Waals surface area (Å²) in [6.45, 7) is 3.59. The zero-order chi connectivity index (χ0) is 13.8. The average Bonchev–Trinajstić information content (AvgIpc) is 2.71. The normalized spacial score (nSPS) is 13.8. The fourth-order valence-electron chi connectivity index (χ4n) is 2.08. The molecule has 0 fully saturated rings. The van der Waals surface area contributed by atoms with Gasteiger partial charge in [-0.1, -0.05) is 29.8 Å². The van der Waals surface area contributed by atoms with Crippen LogP contribution >= 0.6 is 11.8 Å². The molecular weight excluding hydrogens is 268 g/mol. The number of benzene rings is 2. The first-order chi connectivity index (χ1) is 9.81. The van der Waals surface area contributed by atoms with Gasteiger partial charge in [0.1, 0.15) is 0 Å². The van der Waals surface area contributed by atoms with Gasteiger partial charge in [0.2, 0.25) is 0 Å². The van der Waals surface area contributed by atoms with E-state index in [1.807, 2.05) is 17.8 Å². The summed E-state index contributed by atoms with van der Waals surface area (Å²) in [7, 11) is 0. The minimum Gasteiger partial charge on any atom is -0.490 e. The van der Waals surface area contributed by atoms with Gasteiger partial charge in [0.25, 0.3) is 0 Å². The van der Waals surface area contributed by atoms with Crippen molar-refractivity contribution in [2.24, 2.45) is 0 Å². The van der Waals surface area contributed by atoms with E-state index in [1.54, 1.807) is 0 Å². The third kappa shape index (κ3) is 3.28. The molecule has 0 atom stereocenters. The van der Waals surface area contributed by atoms with E-state index in [2.05, 4.69) is 43.3 Å². The van der Waals surface area contributed by atoms with Crippen molar-refractivity contribution < 1.29 is 9.47 Å². The van der Waals surface area contributed by atoms with Gasteiger partial charge in [-0.2, -0.15) is 0 Å². The van der Waals surface area contributed by atoms with Gasteiger partial charge >= 0.3 is 0 Å². The van der Waals surface area contributed by atoms with Gasteiger partial charge in [-0.3, -0.25) is 0 Å². The van der Waals surface area contributed by atoms with E-state index in [9.17, 15) is 0 Å². The quantitative estimate of drug-likeness (QED) is 0.777. The molecule has 2 aromatic carbocycles. The van der Waals surface area contributed by atoms with Crippen molar-refractivity contribution >= 4 is 11.8 Å². The monoisotopic (exact) mass is 286 g/mol. The molecule has 2 aromatic rings. The molecule has 0 unspecified atom stereocenters. The second-order valence-electron chi connectivity index (χ2n) is 4.93. The van der Waals surface area contributed by atoms with Gasteiger partial charge in [-0.25, -0.2) is 0 Å². The molecular formula is C17H18O2S. The van der Waals surface area contributed by atoms with E-state index in [0.29, 0.717) is 0 Å². The van der Waals surface area contributed by atoms with Crippen molar-refractivity contribution in [3.8, 4) is 11.5 Å². The largest absolute Gasteiger partial charge is 0.490 e. The van der Waals surface area contributed by atoms with Gasteiger partial charge in [0, 0.05) is 17.1 Å². The highest BCUT2D eigenvalue weighted by Gasteiger charge is 2.10. The number of ether oxygens (including phenoxy) is 2. The molecule has 0 bridgehead atoms. The second kappa shape index (κ2) is 6.23. The maximum atomic E-state index is 5.72. The third-order valence-corrected chi connectivity index (χ3v) is 4.31. The summed E-state index contributed by atoms with van der Waals surface area (Å²) in [5, 5.41) is 0. The Balaban J connectivity index is 1.68. The molecule has 0 spiro atoms. The molecule has 0 saturated heterocycles. The fraction of sp³-hybridized carbons (Fsp3) is 0.294. The van der Waals surface area contributed by atoms with E-state index >= 15 is 0 Å². The van der Waals surface area contributed by atoms with Crippen LogP contribution in [0.3, 0.4) is 0 Å². The highest BCUT2D eigenvalue weighted by atomic mass is 32.2. The van der Waals surface area contributed by atoms with E-state index in [0.717, 1.165) is 36.9 Å². The van der Waals surface area contributed by atoms with Gasteiger partial charge in [0.05, 0.1) is 13.2 Å². The van der Waals surface area contributed by atoms with Crippen molar-refractivity contribution in [3.05, 3.63) is 53.6 Å². The lowest BCUT2D eigenvalue weighted by Crippen LogP contribution is -1.97. The Labute approximate surface area is 124 Å². The van der Waals surface area contributed by atoms with Gasteiger partial charge in [-0.05, 0) is 30.7 Å². The number of rotatable bonds is 3. The smallest absolute Gasteiger partial charge is 0.162 e. The maximum Gasteiger partial charge on any atom is 0.162 e. The van der Waals surface area contributed by atoms with Crippen molar-refractivity contribution in [1.29, 1.82) is 0 Å². The fourth-order valence-corrected chi connectivity index (χ4v) is 2.96. The molecule has 20 heavy (non-hydrogen) atoms. The van der Waals surface area contributed by atoms with E-state index in [4.69, 9.17) is 9.47 Å². The van der Waals surface area contributed by atoms with Crippen LogP contribution in [0.5, 0.6) is 11.5 Å². The lowest BCUT2D eigenvalue weighted by atomic mass is 10.2. The third-order valence-electron chi connectivity index (χ3n) is 3.25. The topological polar surface area (TPSA) is 18.5 Å². The molecule has 0 N–H and O–H groups in total. The molecule has 0 radical (unpaired) electrons. The average molecular weight is 286 g/mol. The Bertz CT molecular complexity index is 578. The van der Waals surface area contributed by atoms with Crippen molar-refractivity contribution in [3.63, 3.8) is 0 Å². The zero-order valence-corrected chi connectivity index (χ0v) is 12.4. The zero-order valence-electron chi connectivity index (χ0n) is 11.6. The van der Waals surface area contributed by atoms with Crippen LogP contribution < -0.4 is 9.47 Å². The van der Waals surface area contributed by atoms with E-state index in [1.165, 1.54) is 16.0 Å². The number of hydrogen-bond donors (Lipinski definition) is 0. The predicted octanol–water partition coefficient (Wildman–Crippen LogP) is 4.45. The molecule has 2 nitrogen and oxygen atoms in total. The highest BCUT2D eigenvalue weighted by Crippen LogP contribution is 2.34. The summed E-state index contributed by atoms with van der Waals surface area (Å²) >= 11 is 1.82. The maximum absolute atomic E-state index is 5.72. The lowest BCUT2D eigenvalue weighted by molar-refractivity contribution is 0.297. The lowest BCUT2D eigenvalue weighted by Gasteiger charge is -2.09. The van der Waals surface area contributed by atoms with Crippen LogP contribution in [-0.4, -0.2) is 13.2 Å². The molecule has 1 aliphatic rings. The second-order valence-corrected chi connectivity index (χ2v) is 5.98. The van der Waals surface area contributed by atoms with E-state index in [-0.39, 0.29) is 0 Å². The predicted molar refractivity (Wildman–Crippen MR) is 82.8 cm³/mol. The van der Waals surface area contributed by atoms with Gasteiger partial charge in [0.15, 0.2) is 11.5 Å². The first kappa shape index (κ1) is 13.4. The molecule has 1 aliphatic heterocycles. The minimum absolute atomic E-state index is 0.735. The van der Waals surface area contributed by atoms with E-state index < -0.39 is 0 Å². The Morgan fingerprint density at radius 3 is 2.50 bits per heavy atom. The summed E-state index contributed by atoms with van der Waals surface area (Å²) in [4.78, 5) is 1.22. The van der Waals surface area contributed by atoms with Crippen molar-refractivity contribution in [2.45, 2.75) is 24.0 Å². The summed E-state index contributed by atoms with van der Waals surface area (Å²) < 4.78 is 11.4. The Kier molecular flexibility index (Phi) is 4.16. The minimum atomic E-state index is 0.735. The molecule has 3 rings (SSSR count). The van der Waals surface area contributed by atoms with Crippen LogP contribution in [0, 0.1) is 6.92 Å². The molecule has 1 heterocycles. The summed E-state index contributed by atoms with van der Waals surface area (Å²) in [6.07, 6.45) is 0.945. The first-order valence-corrected chi connectivity index (χ1v) is 7.88. The molecule has 0 amide bonds. The van der Waals surface area contributed by atoms with Crippen LogP contribution in [0.15, 0.2) is 47.4 Å². The standard InChI is InChI=1S/C17H18O2S/c1-13-3-5-14(6-4-13)12-20-15-7-8-16-17(11-15)19-10-2-9-18-16/h3-8,11H,2,9-10,12H2,1H3. The molecule has 0 saturated carbocycles. The highest BCUT2D eigenvalue weighted by molar-refractivity contribution is 7.98. The Hall–Kier alpha value is -1.61. The van der Waals surface area contributed by atoms with Crippen LogP contribution in [0.2, 0.25) is 0 Å². The molecule has 0 aromatic heterocycles. The van der Waals surface area contributed by atoms with Crippen LogP contribution in [0.4, 0.5) is 0 Å².